The lowest BCUT2D eigenvalue weighted by Crippen LogP contribution is -2.37. The van der Waals surface area contributed by atoms with E-state index in [9.17, 15) is 9.59 Å². The number of allylic oxidation sites excluding steroid dienone is 2. The molecular formula is C16H20ClN3O2. The van der Waals surface area contributed by atoms with Gasteiger partial charge in [-0.25, -0.2) is 0 Å². The predicted octanol–water partition coefficient (Wildman–Crippen LogP) is 3.14. The smallest absolute Gasteiger partial charge is 0.238 e. The summed E-state index contributed by atoms with van der Waals surface area (Å²) in [7, 11) is 0. The second-order valence-corrected chi connectivity index (χ2v) is 5.58. The summed E-state index contributed by atoms with van der Waals surface area (Å²) in [6.45, 7) is 0. The Bertz CT molecular complexity index is 572. The highest BCUT2D eigenvalue weighted by Gasteiger charge is 2.09. The van der Waals surface area contributed by atoms with E-state index in [0.717, 1.165) is 25.0 Å². The lowest BCUT2D eigenvalue weighted by molar-refractivity contribution is -0.124. The second-order valence-electron chi connectivity index (χ2n) is 5.18. The molecular weight excluding hydrogens is 302 g/mol. The van der Waals surface area contributed by atoms with Crippen molar-refractivity contribution in [3.05, 3.63) is 41.1 Å². The molecule has 0 radical (unpaired) electrons. The summed E-state index contributed by atoms with van der Waals surface area (Å²) in [5.74, 6) is -0.444. The molecule has 0 unspecified atom stereocenters. The van der Waals surface area contributed by atoms with Crippen LogP contribution in [0.5, 0.6) is 0 Å². The largest absolute Gasteiger partial charge is 0.325 e. The number of hydrogen-bond acceptors (Lipinski definition) is 3. The zero-order valence-electron chi connectivity index (χ0n) is 12.3. The fraction of sp³-hybridized carbons (Fsp3) is 0.375. The third-order valence-corrected chi connectivity index (χ3v) is 3.71. The Labute approximate surface area is 135 Å². The summed E-state index contributed by atoms with van der Waals surface area (Å²) in [6, 6.07) is 7.00. The lowest BCUT2D eigenvalue weighted by Gasteiger charge is -2.15. The van der Waals surface area contributed by atoms with Crippen molar-refractivity contribution < 1.29 is 9.59 Å². The van der Waals surface area contributed by atoms with Gasteiger partial charge in [0.1, 0.15) is 0 Å². The van der Waals surface area contributed by atoms with E-state index in [1.54, 1.807) is 24.3 Å². The van der Waals surface area contributed by atoms with Gasteiger partial charge in [-0.2, -0.15) is 0 Å². The van der Waals surface area contributed by atoms with Crippen LogP contribution in [0.15, 0.2) is 36.0 Å². The van der Waals surface area contributed by atoms with Crippen LogP contribution in [0.2, 0.25) is 5.02 Å². The van der Waals surface area contributed by atoms with E-state index < -0.39 is 0 Å². The number of halogens is 1. The van der Waals surface area contributed by atoms with Gasteiger partial charge in [0.25, 0.3) is 0 Å². The van der Waals surface area contributed by atoms with Crippen LogP contribution < -0.4 is 16.2 Å². The molecule has 2 rings (SSSR count). The number of benzene rings is 1. The molecule has 3 N–H and O–H groups in total. The van der Waals surface area contributed by atoms with Gasteiger partial charge < -0.3 is 10.7 Å². The third kappa shape index (κ3) is 5.41. The fourth-order valence-corrected chi connectivity index (χ4v) is 2.35. The van der Waals surface area contributed by atoms with Gasteiger partial charge in [0.2, 0.25) is 11.8 Å². The van der Waals surface area contributed by atoms with Crippen LogP contribution in [0.25, 0.3) is 0 Å². The molecule has 22 heavy (non-hydrogen) atoms. The van der Waals surface area contributed by atoms with Gasteiger partial charge >= 0.3 is 0 Å². The fourth-order valence-electron chi connectivity index (χ4n) is 2.17. The molecule has 0 heterocycles. The van der Waals surface area contributed by atoms with Crippen molar-refractivity contribution in [1.82, 2.24) is 10.9 Å². The second kappa shape index (κ2) is 8.44. The molecule has 0 aliphatic heterocycles. The highest BCUT2D eigenvalue weighted by Crippen LogP contribution is 2.20. The first-order valence-electron chi connectivity index (χ1n) is 7.43. The Kier molecular flexibility index (Phi) is 6.27. The van der Waals surface area contributed by atoms with Crippen LogP contribution in [0.3, 0.4) is 0 Å². The van der Waals surface area contributed by atoms with Crippen molar-refractivity contribution in [2.24, 2.45) is 0 Å². The Balaban J connectivity index is 1.68. The normalized spacial score (nSPS) is 14.0. The molecule has 5 nitrogen and oxygen atoms in total. The molecule has 0 atom stereocenters. The van der Waals surface area contributed by atoms with Gasteiger partial charge in [0, 0.05) is 18.5 Å². The number of anilines is 1. The summed E-state index contributed by atoms with van der Waals surface area (Å²) in [5, 5.41) is 3.17. The number of hydrazine groups is 1. The van der Waals surface area contributed by atoms with Gasteiger partial charge in [-0.15, -0.1) is 0 Å². The molecule has 0 saturated carbocycles. The number of carbonyl (C=O) groups excluding carboxylic acids is 2. The van der Waals surface area contributed by atoms with Crippen molar-refractivity contribution >= 4 is 29.1 Å². The molecule has 1 aromatic carbocycles. The van der Waals surface area contributed by atoms with E-state index in [4.69, 9.17) is 11.6 Å². The van der Waals surface area contributed by atoms with Crippen LogP contribution in [0.1, 0.15) is 38.5 Å². The average Bonchev–Trinajstić information content (AvgIpc) is 2.54. The summed E-state index contributed by atoms with van der Waals surface area (Å²) in [5.41, 5.74) is 7.13. The SMILES string of the molecule is O=C(CCC(=O)Nc1ccccc1Cl)NNC1=CCCCC1. The Morgan fingerprint density at radius 3 is 2.59 bits per heavy atom. The molecule has 0 saturated heterocycles. The van der Waals surface area contributed by atoms with Gasteiger partial charge in [-0.05, 0) is 37.8 Å². The van der Waals surface area contributed by atoms with Crippen LogP contribution in [-0.2, 0) is 9.59 Å². The molecule has 118 valence electrons. The van der Waals surface area contributed by atoms with Gasteiger partial charge in [0.05, 0.1) is 10.7 Å². The number of nitrogens with one attached hydrogen (secondary N) is 3. The molecule has 1 aliphatic rings. The molecule has 1 aromatic rings. The average molecular weight is 322 g/mol. The molecule has 1 aliphatic carbocycles. The maximum absolute atomic E-state index is 11.8. The maximum atomic E-state index is 11.8. The molecule has 0 aromatic heterocycles. The summed E-state index contributed by atoms with van der Waals surface area (Å²) in [6.07, 6.45) is 6.64. The minimum atomic E-state index is -0.236. The lowest BCUT2D eigenvalue weighted by atomic mass is 10.1. The van der Waals surface area contributed by atoms with Gasteiger partial charge in [-0.1, -0.05) is 29.8 Å². The van der Waals surface area contributed by atoms with E-state index in [1.807, 2.05) is 0 Å². The zero-order chi connectivity index (χ0) is 15.8. The van der Waals surface area contributed by atoms with E-state index >= 15 is 0 Å². The highest BCUT2D eigenvalue weighted by atomic mass is 35.5. The summed E-state index contributed by atoms with van der Waals surface area (Å²) in [4.78, 5) is 23.5. The zero-order valence-corrected chi connectivity index (χ0v) is 13.1. The first kappa shape index (κ1) is 16.4. The van der Waals surface area contributed by atoms with Gasteiger partial charge in [-0.3, -0.25) is 15.0 Å². The standard InChI is InChI=1S/C16H20ClN3O2/c17-13-8-4-5-9-14(13)18-15(21)10-11-16(22)20-19-12-6-2-1-3-7-12/h4-6,8-9,19H,1-3,7,10-11H2,(H,18,21)(H,20,22). The number of rotatable bonds is 6. The van der Waals surface area contributed by atoms with Crippen molar-refractivity contribution in [3.63, 3.8) is 0 Å². The summed E-state index contributed by atoms with van der Waals surface area (Å²) >= 11 is 5.96. The van der Waals surface area contributed by atoms with Crippen molar-refractivity contribution in [3.8, 4) is 0 Å². The first-order valence-corrected chi connectivity index (χ1v) is 7.81. The molecule has 2 amide bonds. The topological polar surface area (TPSA) is 70.2 Å². The molecule has 0 spiro atoms. The van der Waals surface area contributed by atoms with Crippen LogP contribution >= 0.6 is 11.6 Å². The monoisotopic (exact) mass is 321 g/mol. The highest BCUT2D eigenvalue weighted by molar-refractivity contribution is 6.33. The van der Waals surface area contributed by atoms with Crippen molar-refractivity contribution in [2.75, 3.05) is 5.32 Å². The predicted molar refractivity (Wildman–Crippen MR) is 87.1 cm³/mol. The number of carbonyl (C=O) groups is 2. The van der Waals surface area contributed by atoms with Crippen LogP contribution in [0, 0.1) is 0 Å². The minimum absolute atomic E-state index is 0.109. The number of hydrogen-bond donors (Lipinski definition) is 3. The third-order valence-electron chi connectivity index (χ3n) is 3.38. The molecule has 6 heteroatoms. The minimum Gasteiger partial charge on any atom is -0.325 e. The number of para-hydroxylation sites is 1. The Hall–Kier alpha value is -2.01. The Morgan fingerprint density at radius 2 is 1.86 bits per heavy atom. The maximum Gasteiger partial charge on any atom is 0.238 e. The first-order chi connectivity index (χ1) is 10.6. The van der Waals surface area contributed by atoms with Crippen LogP contribution in [-0.4, -0.2) is 11.8 Å². The van der Waals surface area contributed by atoms with E-state index in [2.05, 4.69) is 22.2 Å². The number of amides is 2. The summed E-state index contributed by atoms with van der Waals surface area (Å²) < 4.78 is 0. The van der Waals surface area contributed by atoms with E-state index in [0.29, 0.717) is 10.7 Å². The van der Waals surface area contributed by atoms with Crippen molar-refractivity contribution in [1.29, 1.82) is 0 Å². The van der Waals surface area contributed by atoms with Crippen molar-refractivity contribution in [2.45, 2.75) is 38.5 Å². The van der Waals surface area contributed by atoms with E-state index in [-0.39, 0.29) is 24.7 Å². The quantitative estimate of drug-likeness (QED) is 0.705. The molecule has 0 bridgehead atoms. The van der Waals surface area contributed by atoms with Gasteiger partial charge in [0.15, 0.2) is 0 Å². The van der Waals surface area contributed by atoms with Crippen LogP contribution in [0.4, 0.5) is 5.69 Å². The van der Waals surface area contributed by atoms with E-state index in [1.165, 1.54) is 6.42 Å². The molecule has 0 fully saturated rings. The Morgan fingerprint density at radius 1 is 1.09 bits per heavy atom.